The smallest absolute Gasteiger partial charge is 0.266 e. The van der Waals surface area contributed by atoms with Crippen molar-refractivity contribution in [2.24, 2.45) is 0 Å². The highest BCUT2D eigenvalue weighted by molar-refractivity contribution is 8.00. The van der Waals surface area contributed by atoms with Crippen LogP contribution in [-0.2, 0) is 6.42 Å². The Balaban J connectivity index is 1.83. The minimum absolute atomic E-state index is 0.112. The standard InChI is InChI=1S/C24H17F2N3OS/c1-15-6-8-16(9-7-15)12-18(14-27)31-24-28-21-5-3-2-4-19(21)23(30)29(24)22-11-10-17(25)13-20(22)26/h2-11,13,18H,12H2,1H3. The number of fused-ring (bicyclic) bond motifs is 1. The zero-order valence-corrected chi connectivity index (χ0v) is 17.4. The molecule has 0 amide bonds. The Hall–Kier alpha value is -3.50. The van der Waals surface area contributed by atoms with Gasteiger partial charge < -0.3 is 0 Å². The first kappa shape index (κ1) is 20.8. The Labute approximate surface area is 181 Å². The number of aromatic nitrogens is 2. The van der Waals surface area contributed by atoms with Crippen molar-refractivity contribution >= 4 is 22.7 Å². The largest absolute Gasteiger partial charge is 0.268 e. The fourth-order valence-electron chi connectivity index (χ4n) is 3.25. The molecule has 0 saturated heterocycles. The van der Waals surface area contributed by atoms with Crippen LogP contribution < -0.4 is 5.56 Å². The second-order valence-corrected chi connectivity index (χ2v) is 8.24. The zero-order chi connectivity index (χ0) is 22.0. The van der Waals surface area contributed by atoms with Gasteiger partial charge in [0.2, 0.25) is 0 Å². The molecule has 0 aliphatic rings. The van der Waals surface area contributed by atoms with Gasteiger partial charge in [-0.1, -0.05) is 53.7 Å². The summed E-state index contributed by atoms with van der Waals surface area (Å²) in [7, 11) is 0. The topological polar surface area (TPSA) is 58.7 Å². The van der Waals surface area contributed by atoms with Gasteiger partial charge in [0.25, 0.3) is 5.56 Å². The second-order valence-electron chi connectivity index (χ2n) is 7.07. The van der Waals surface area contributed by atoms with Crippen molar-refractivity contribution in [3.05, 3.63) is 99.8 Å². The number of para-hydroxylation sites is 1. The number of nitriles is 1. The lowest BCUT2D eigenvalue weighted by molar-refractivity contribution is 0.572. The van der Waals surface area contributed by atoms with Gasteiger partial charge in [0.15, 0.2) is 5.16 Å². The van der Waals surface area contributed by atoms with Crippen LogP contribution in [0.15, 0.2) is 76.7 Å². The molecule has 1 aromatic heterocycles. The van der Waals surface area contributed by atoms with E-state index in [9.17, 15) is 18.8 Å². The van der Waals surface area contributed by atoms with Crippen molar-refractivity contribution in [3.63, 3.8) is 0 Å². The molecular formula is C24H17F2N3OS. The van der Waals surface area contributed by atoms with Crippen LogP contribution in [0.25, 0.3) is 16.6 Å². The number of hydrogen-bond acceptors (Lipinski definition) is 4. The number of benzene rings is 3. The molecule has 0 radical (unpaired) electrons. The maximum Gasteiger partial charge on any atom is 0.266 e. The summed E-state index contributed by atoms with van der Waals surface area (Å²) in [4.78, 5) is 17.8. The van der Waals surface area contributed by atoms with E-state index in [0.29, 0.717) is 17.3 Å². The van der Waals surface area contributed by atoms with Crippen LogP contribution in [-0.4, -0.2) is 14.8 Å². The maximum atomic E-state index is 14.6. The summed E-state index contributed by atoms with van der Waals surface area (Å²) in [5, 5.41) is 9.65. The van der Waals surface area contributed by atoms with Crippen molar-refractivity contribution in [3.8, 4) is 11.8 Å². The molecule has 1 unspecified atom stereocenters. The Bertz CT molecular complexity index is 1360. The molecule has 0 fully saturated rings. The van der Waals surface area contributed by atoms with Crippen LogP contribution in [0.1, 0.15) is 11.1 Å². The summed E-state index contributed by atoms with van der Waals surface area (Å²) in [6.45, 7) is 1.98. The quantitative estimate of drug-likeness (QED) is 0.321. The fraction of sp³-hybridized carbons (Fsp3) is 0.125. The Morgan fingerprint density at radius 2 is 1.84 bits per heavy atom. The van der Waals surface area contributed by atoms with Gasteiger partial charge in [-0.05, 0) is 43.2 Å². The van der Waals surface area contributed by atoms with Gasteiger partial charge in [-0.2, -0.15) is 5.26 Å². The summed E-state index contributed by atoms with van der Waals surface area (Å²) >= 11 is 1.08. The first-order chi connectivity index (χ1) is 15.0. The summed E-state index contributed by atoms with van der Waals surface area (Å²) in [5.74, 6) is -1.63. The van der Waals surface area contributed by atoms with E-state index in [1.54, 1.807) is 24.3 Å². The van der Waals surface area contributed by atoms with Crippen molar-refractivity contribution < 1.29 is 8.78 Å². The third kappa shape index (κ3) is 4.35. The third-order valence-electron chi connectivity index (χ3n) is 4.83. The van der Waals surface area contributed by atoms with Gasteiger partial charge in [-0.25, -0.2) is 13.8 Å². The zero-order valence-electron chi connectivity index (χ0n) is 16.5. The molecular weight excluding hydrogens is 416 g/mol. The fourth-order valence-corrected chi connectivity index (χ4v) is 4.27. The first-order valence-corrected chi connectivity index (χ1v) is 10.4. The molecule has 0 bridgehead atoms. The SMILES string of the molecule is Cc1ccc(CC(C#N)Sc2nc3ccccc3c(=O)n2-c2ccc(F)cc2F)cc1. The van der Waals surface area contributed by atoms with Crippen molar-refractivity contribution in [1.82, 2.24) is 9.55 Å². The third-order valence-corrected chi connectivity index (χ3v) is 5.87. The molecule has 0 saturated carbocycles. The van der Waals surface area contributed by atoms with E-state index >= 15 is 0 Å². The minimum atomic E-state index is -0.881. The highest BCUT2D eigenvalue weighted by Crippen LogP contribution is 2.28. The van der Waals surface area contributed by atoms with Crippen LogP contribution in [0, 0.1) is 29.9 Å². The Kier molecular flexibility index (Phi) is 5.83. The molecule has 1 heterocycles. The molecule has 0 aliphatic carbocycles. The average molecular weight is 433 g/mol. The number of aryl methyl sites for hydroxylation is 1. The van der Waals surface area contributed by atoms with E-state index in [0.717, 1.165) is 39.6 Å². The molecule has 3 aromatic carbocycles. The molecule has 4 nitrogen and oxygen atoms in total. The van der Waals surface area contributed by atoms with Gasteiger partial charge in [0.05, 0.1) is 22.7 Å². The normalized spacial score (nSPS) is 11.9. The molecule has 4 aromatic rings. The molecule has 7 heteroatoms. The van der Waals surface area contributed by atoms with Gasteiger partial charge in [-0.3, -0.25) is 9.36 Å². The van der Waals surface area contributed by atoms with Gasteiger partial charge in [0, 0.05) is 6.07 Å². The molecule has 4 rings (SSSR count). The highest BCUT2D eigenvalue weighted by atomic mass is 32.2. The molecule has 31 heavy (non-hydrogen) atoms. The molecule has 0 aliphatic heterocycles. The summed E-state index contributed by atoms with van der Waals surface area (Å²) in [6.07, 6.45) is 0.427. The van der Waals surface area contributed by atoms with Crippen molar-refractivity contribution in [2.45, 2.75) is 23.8 Å². The van der Waals surface area contributed by atoms with E-state index in [1.807, 2.05) is 31.2 Å². The van der Waals surface area contributed by atoms with E-state index in [4.69, 9.17) is 0 Å². The molecule has 0 spiro atoms. The number of nitrogens with zero attached hydrogens (tertiary/aromatic N) is 3. The number of halogens is 2. The van der Waals surface area contributed by atoms with Gasteiger partial charge in [-0.15, -0.1) is 0 Å². The van der Waals surface area contributed by atoms with Gasteiger partial charge in [0.1, 0.15) is 16.9 Å². The Morgan fingerprint density at radius 1 is 1.10 bits per heavy atom. The summed E-state index contributed by atoms with van der Waals surface area (Å²) in [6, 6.07) is 19.8. The number of thioether (sulfide) groups is 1. The van der Waals surface area contributed by atoms with Gasteiger partial charge >= 0.3 is 0 Å². The van der Waals surface area contributed by atoms with E-state index in [2.05, 4.69) is 11.1 Å². The van der Waals surface area contributed by atoms with Crippen LogP contribution in [0.5, 0.6) is 0 Å². The van der Waals surface area contributed by atoms with Crippen molar-refractivity contribution in [2.75, 3.05) is 0 Å². The van der Waals surface area contributed by atoms with Crippen LogP contribution in [0.4, 0.5) is 8.78 Å². The van der Waals surface area contributed by atoms with Crippen molar-refractivity contribution in [1.29, 1.82) is 5.26 Å². The van der Waals surface area contributed by atoms with E-state index in [-0.39, 0.29) is 10.8 Å². The molecule has 154 valence electrons. The predicted octanol–water partition coefficient (Wildman–Crippen LogP) is 5.20. The molecule has 0 N–H and O–H groups in total. The van der Waals surface area contributed by atoms with E-state index in [1.165, 1.54) is 6.07 Å². The van der Waals surface area contributed by atoms with Crippen LogP contribution in [0.2, 0.25) is 0 Å². The monoisotopic (exact) mass is 433 g/mol. The summed E-state index contributed by atoms with van der Waals surface area (Å²) < 4.78 is 29.2. The lowest BCUT2D eigenvalue weighted by Gasteiger charge is -2.16. The average Bonchev–Trinajstić information content (AvgIpc) is 2.76. The van der Waals surface area contributed by atoms with E-state index < -0.39 is 22.4 Å². The minimum Gasteiger partial charge on any atom is -0.268 e. The maximum absolute atomic E-state index is 14.6. The lowest BCUT2D eigenvalue weighted by Crippen LogP contribution is -2.23. The Morgan fingerprint density at radius 3 is 2.55 bits per heavy atom. The second kappa shape index (κ2) is 8.70. The predicted molar refractivity (Wildman–Crippen MR) is 117 cm³/mol. The number of rotatable bonds is 5. The number of hydrogen-bond donors (Lipinski definition) is 0. The first-order valence-electron chi connectivity index (χ1n) is 9.55. The summed E-state index contributed by atoms with van der Waals surface area (Å²) in [5.41, 5.74) is 1.93. The van der Waals surface area contributed by atoms with Crippen LogP contribution in [0.3, 0.4) is 0 Å². The molecule has 1 atom stereocenters. The van der Waals surface area contributed by atoms with Crippen LogP contribution >= 0.6 is 11.8 Å². The highest BCUT2D eigenvalue weighted by Gasteiger charge is 2.20. The lowest BCUT2D eigenvalue weighted by atomic mass is 10.1.